The van der Waals surface area contributed by atoms with Gasteiger partial charge in [-0.3, -0.25) is 12.2 Å². The van der Waals surface area contributed by atoms with Crippen LogP contribution in [0.4, 0.5) is 0 Å². The Bertz CT molecular complexity index is 490. The zero-order chi connectivity index (χ0) is 17.9. The third-order valence-electron chi connectivity index (χ3n) is 5.12. The first-order valence-corrected chi connectivity index (χ1v) is 7.95. The molecule has 1 nitrogen and oxygen atoms in total. The molecular formula is C21H34OTi. The predicted molar refractivity (Wildman–Crippen MR) is 97.3 cm³/mol. The normalized spacial score (nSPS) is 20.7. The summed E-state index contributed by atoms with van der Waals surface area (Å²) in [7, 11) is 1.00. The van der Waals surface area contributed by atoms with E-state index in [9.17, 15) is 0 Å². The minimum Gasteiger partial charge on any atom is -0.400 e. The summed E-state index contributed by atoms with van der Waals surface area (Å²) < 4.78 is 0. The summed E-state index contributed by atoms with van der Waals surface area (Å²) in [6.45, 7) is 21.8. The third kappa shape index (κ3) is 5.89. The number of hydrogen-bond acceptors (Lipinski definition) is 1. The Balaban J connectivity index is 0. The number of hydrogen-bond donors (Lipinski definition) is 1. The van der Waals surface area contributed by atoms with Gasteiger partial charge in [0.25, 0.3) is 0 Å². The Morgan fingerprint density at radius 1 is 0.609 bits per heavy atom. The zero-order valence-electron chi connectivity index (χ0n) is 16.9. The molecule has 0 heterocycles. The maximum Gasteiger partial charge on any atom is 2.00 e. The first-order chi connectivity index (χ1) is 9.90. The molecule has 2 rings (SSSR count). The minimum absolute atomic E-state index is 0. The van der Waals surface area contributed by atoms with E-state index in [2.05, 4.69) is 81.4 Å². The maximum absolute atomic E-state index is 7.00. The Kier molecular flexibility index (Phi) is 9.96. The molecule has 0 amide bonds. The van der Waals surface area contributed by atoms with Crippen LogP contribution in [-0.4, -0.2) is 12.2 Å². The van der Waals surface area contributed by atoms with Crippen LogP contribution in [0.1, 0.15) is 69.2 Å². The van der Waals surface area contributed by atoms with Gasteiger partial charge in [0.2, 0.25) is 0 Å². The molecule has 0 unspecified atom stereocenters. The van der Waals surface area contributed by atoms with Gasteiger partial charge in [-0.15, -0.1) is 13.8 Å². The van der Waals surface area contributed by atoms with E-state index in [4.69, 9.17) is 5.11 Å². The molecule has 0 radical (unpaired) electrons. The molecule has 23 heavy (non-hydrogen) atoms. The maximum atomic E-state index is 7.00. The first-order valence-electron chi connectivity index (χ1n) is 7.95. The smallest absolute Gasteiger partial charge is 0.400 e. The van der Waals surface area contributed by atoms with Gasteiger partial charge < -0.3 is 5.11 Å². The fourth-order valence-corrected chi connectivity index (χ4v) is 2.81. The Morgan fingerprint density at radius 3 is 0.870 bits per heavy atom. The molecule has 128 valence electrons. The Labute approximate surface area is 159 Å². The second-order valence-corrected chi connectivity index (χ2v) is 7.25. The molecule has 0 saturated carbocycles. The summed E-state index contributed by atoms with van der Waals surface area (Å²) in [6, 6.07) is 0. The number of allylic oxidation sites excluding steroid dienone is 8. The molecule has 0 spiro atoms. The van der Waals surface area contributed by atoms with E-state index < -0.39 is 0 Å². The predicted octanol–water partition coefficient (Wildman–Crippen LogP) is 5.83. The van der Waals surface area contributed by atoms with Gasteiger partial charge in [-0.2, -0.15) is 22.3 Å². The van der Waals surface area contributed by atoms with Crippen molar-refractivity contribution >= 4 is 0 Å². The van der Waals surface area contributed by atoms with Gasteiger partial charge in [-0.05, 0) is 0 Å². The summed E-state index contributed by atoms with van der Waals surface area (Å²) in [4.78, 5) is 0. The molecule has 2 aliphatic carbocycles. The van der Waals surface area contributed by atoms with Crippen molar-refractivity contribution in [2.75, 3.05) is 7.11 Å². The van der Waals surface area contributed by atoms with Crippen molar-refractivity contribution in [1.29, 1.82) is 0 Å². The molecule has 0 fully saturated rings. The van der Waals surface area contributed by atoms with E-state index in [1.165, 1.54) is 33.4 Å². The van der Waals surface area contributed by atoms with E-state index >= 15 is 0 Å². The van der Waals surface area contributed by atoms with E-state index in [0.717, 1.165) is 7.11 Å². The molecule has 0 saturated heterocycles. The average Bonchev–Trinajstić information content (AvgIpc) is 2.72. The minimum atomic E-state index is 0. The largest absolute Gasteiger partial charge is 2.00 e. The zero-order valence-corrected chi connectivity index (χ0v) is 18.5. The van der Waals surface area contributed by atoms with Crippen molar-refractivity contribution in [2.24, 2.45) is 10.8 Å². The molecule has 0 atom stereocenters. The van der Waals surface area contributed by atoms with E-state index in [0.29, 0.717) is 0 Å². The molecule has 0 aromatic carbocycles. The molecule has 0 bridgehead atoms. The summed E-state index contributed by atoms with van der Waals surface area (Å²) >= 11 is 0. The summed E-state index contributed by atoms with van der Waals surface area (Å²) in [6.07, 6.45) is 6.87. The van der Waals surface area contributed by atoms with Gasteiger partial charge in [-0.25, -0.2) is 11.1 Å². The van der Waals surface area contributed by atoms with E-state index in [-0.39, 0.29) is 32.5 Å². The van der Waals surface area contributed by atoms with Gasteiger partial charge in [0.05, 0.1) is 0 Å². The summed E-state index contributed by atoms with van der Waals surface area (Å²) in [5, 5.41) is 7.00. The standard InChI is InChI=1S/2C10H15.CH4O.Ti/c2*1-7-6-10(4,5)9(3)8(7)2;1-2;/h2*1-5H3;2H,1H3;/q2*-1;;+2. The Hall–Kier alpha value is -0.366. The van der Waals surface area contributed by atoms with E-state index in [1.54, 1.807) is 0 Å². The van der Waals surface area contributed by atoms with Gasteiger partial charge >= 0.3 is 21.7 Å². The topological polar surface area (TPSA) is 20.2 Å². The molecule has 2 heteroatoms. The second-order valence-electron chi connectivity index (χ2n) is 7.25. The van der Waals surface area contributed by atoms with Crippen LogP contribution in [0.15, 0.2) is 33.4 Å². The monoisotopic (exact) mass is 350 g/mol. The van der Waals surface area contributed by atoms with Crippen LogP contribution in [0, 0.1) is 23.0 Å². The molecular weight excluding hydrogens is 316 g/mol. The number of aliphatic hydroxyl groups is 1. The summed E-state index contributed by atoms with van der Waals surface area (Å²) in [5.41, 5.74) is 8.79. The van der Waals surface area contributed by atoms with Gasteiger partial charge in [-0.1, -0.05) is 66.2 Å². The van der Waals surface area contributed by atoms with Crippen molar-refractivity contribution in [1.82, 2.24) is 0 Å². The van der Waals surface area contributed by atoms with Crippen molar-refractivity contribution in [3.05, 3.63) is 45.6 Å². The fourth-order valence-electron chi connectivity index (χ4n) is 2.81. The summed E-state index contributed by atoms with van der Waals surface area (Å²) in [5.74, 6) is 0. The van der Waals surface area contributed by atoms with Gasteiger partial charge in [0.15, 0.2) is 0 Å². The van der Waals surface area contributed by atoms with Crippen molar-refractivity contribution in [2.45, 2.75) is 69.2 Å². The molecule has 2 aliphatic rings. The third-order valence-corrected chi connectivity index (χ3v) is 5.12. The Morgan fingerprint density at radius 2 is 0.826 bits per heavy atom. The van der Waals surface area contributed by atoms with Crippen molar-refractivity contribution in [3.8, 4) is 0 Å². The van der Waals surface area contributed by atoms with Crippen LogP contribution in [0.5, 0.6) is 0 Å². The van der Waals surface area contributed by atoms with Gasteiger partial charge in [0.1, 0.15) is 0 Å². The number of rotatable bonds is 0. The van der Waals surface area contributed by atoms with Crippen LogP contribution in [0.25, 0.3) is 0 Å². The fraction of sp³-hybridized carbons (Fsp3) is 0.619. The van der Waals surface area contributed by atoms with Crippen LogP contribution in [0.3, 0.4) is 0 Å². The van der Waals surface area contributed by atoms with Crippen LogP contribution in [0.2, 0.25) is 0 Å². The van der Waals surface area contributed by atoms with Crippen LogP contribution in [-0.2, 0) is 21.7 Å². The van der Waals surface area contributed by atoms with Crippen LogP contribution < -0.4 is 0 Å². The van der Waals surface area contributed by atoms with Crippen molar-refractivity contribution in [3.63, 3.8) is 0 Å². The van der Waals surface area contributed by atoms with Crippen molar-refractivity contribution < 1.29 is 26.8 Å². The molecule has 0 aromatic rings. The second kappa shape index (κ2) is 9.20. The molecule has 0 aliphatic heterocycles. The average molecular weight is 350 g/mol. The first kappa shape index (κ1) is 24.9. The molecule has 0 aromatic heterocycles. The van der Waals surface area contributed by atoms with Crippen LogP contribution >= 0.6 is 0 Å². The number of aliphatic hydroxyl groups excluding tert-OH is 1. The SMILES string of the molecule is CC1=[C-]C(C)(C)C(C)=C1C.CC1=[C-]C(C)(C)C(C)=C1C.CO.[Ti+2]. The van der Waals surface area contributed by atoms with Gasteiger partial charge in [0, 0.05) is 7.11 Å². The van der Waals surface area contributed by atoms with E-state index in [1.807, 2.05) is 0 Å². The quantitative estimate of drug-likeness (QED) is 0.430. The molecule has 1 N–H and O–H groups in total.